The van der Waals surface area contributed by atoms with Gasteiger partial charge in [-0.25, -0.2) is 0 Å². The van der Waals surface area contributed by atoms with Crippen molar-refractivity contribution >= 4 is 23.4 Å². The van der Waals surface area contributed by atoms with E-state index in [2.05, 4.69) is 0 Å². The minimum atomic E-state index is -0.747. The lowest BCUT2D eigenvalue weighted by molar-refractivity contribution is -0.145. The Labute approximate surface area is 110 Å². The highest BCUT2D eigenvalue weighted by Crippen LogP contribution is 2.35. The zero-order valence-corrected chi connectivity index (χ0v) is 10.9. The summed E-state index contributed by atoms with van der Waals surface area (Å²) in [6.45, 7) is 1.98. The van der Waals surface area contributed by atoms with E-state index in [1.807, 2.05) is 0 Å². The van der Waals surface area contributed by atoms with Gasteiger partial charge in [-0.3, -0.25) is 9.59 Å². The van der Waals surface area contributed by atoms with E-state index in [1.165, 1.54) is 7.11 Å². The average Bonchev–Trinajstić information content (AvgIpc) is 2.66. The second-order valence-electron chi connectivity index (χ2n) is 4.02. The SMILES string of the molecule is CCOC(=O)[C@H]1Cc2cc(OC)c(Cl)cc2C1=O. The van der Waals surface area contributed by atoms with Crippen molar-refractivity contribution in [1.82, 2.24) is 0 Å². The molecule has 1 aliphatic rings. The molecule has 0 saturated carbocycles. The van der Waals surface area contributed by atoms with Gasteiger partial charge < -0.3 is 9.47 Å². The fraction of sp³-hybridized carbons (Fsp3) is 0.385. The Hall–Kier alpha value is -1.55. The maximum atomic E-state index is 12.1. The molecule has 96 valence electrons. The number of esters is 1. The molecule has 0 aliphatic heterocycles. The van der Waals surface area contributed by atoms with Crippen molar-refractivity contribution in [3.8, 4) is 5.75 Å². The zero-order valence-electron chi connectivity index (χ0n) is 10.2. The van der Waals surface area contributed by atoms with Crippen LogP contribution in [0.5, 0.6) is 5.75 Å². The maximum absolute atomic E-state index is 12.1. The van der Waals surface area contributed by atoms with Crippen molar-refractivity contribution in [2.24, 2.45) is 5.92 Å². The van der Waals surface area contributed by atoms with E-state index >= 15 is 0 Å². The minimum absolute atomic E-state index is 0.229. The number of benzene rings is 1. The molecule has 0 heterocycles. The molecular weight excluding hydrogens is 256 g/mol. The van der Waals surface area contributed by atoms with E-state index in [9.17, 15) is 9.59 Å². The fourth-order valence-electron chi connectivity index (χ4n) is 2.08. The van der Waals surface area contributed by atoms with Crippen molar-refractivity contribution in [3.05, 3.63) is 28.3 Å². The number of methoxy groups -OCH3 is 1. The number of hydrogen-bond donors (Lipinski definition) is 0. The lowest BCUT2D eigenvalue weighted by atomic mass is 10.1. The van der Waals surface area contributed by atoms with E-state index in [0.29, 0.717) is 22.8 Å². The van der Waals surface area contributed by atoms with Crippen LogP contribution in [-0.4, -0.2) is 25.5 Å². The lowest BCUT2D eigenvalue weighted by Gasteiger charge is -2.05. The molecule has 1 atom stereocenters. The van der Waals surface area contributed by atoms with Gasteiger partial charge in [-0.1, -0.05) is 11.6 Å². The van der Waals surface area contributed by atoms with Crippen LogP contribution in [0.1, 0.15) is 22.8 Å². The average molecular weight is 269 g/mol. The first kappa shape index (κ1) is 12.9. The van der Waals surface area contributed by atoms with Gasteiger partial charge in [-0.15, -0.1) is 0 Å². The van der Waals surface area contributed by atoms with Crippen LogP contribution in [-0.2, 0) is 16.0 Å². The smallest absolute Gasteiger partial charge is 0.317 e. The number of carbonyl (C=O) groups excluding carboxylic acids is 2. The minimum Gasteiger partial charge on any atom is -0.495 e. The summed E-state index contributed by atoms with van der Waals surface area (Å²) >= 11 is 5.97. The quantitative estimate of drug-likeness (QED) is 0.623. The Balaban J connectivity index is 2.33. The van der Waals surface area contributed by atoms with Crippen molar-refractivity contribution < 1.29 is 19.1 Å². The van der Waals surface area contributed by atoms with Crippen LogP contribution in [0.4, 0.5) is 0 Å². The summed E-state index contributed by atoms with van der Waals surface area (Å²) in [6.07, 6.45) is 0.348. The van der Waals surface area contributed by atoms with Crippen LogP contribution in [0.2, 0.25) is 5.02 Å². The molecule has 0 N–H and O–H groups in total. The third-order valence-electron chi connectivity index (χ3n) is 2.95. The van der Waals surface area contributed by atoms with Gasteiger partial charge in [0.15, 0.2) is 5.78 Å². The van der Waals surface area contributed by atoms with Crippen LogP contribution in [0.25, 0.3) is 0 Å². The molecule has 0 fully saturated rings. The standard InChI is InChI=1S/C13H13ClO4/c1-3-18-13(16)9-4-7-5-11(17-2)10(14)6-8(7)12(9)15/h5-6,9H,3-4H2,1-2H3/t9-/m0/s1. The van der Waals surface area contributed by atoms with Gasteiger partial charge in [0, 0.05) is 5.56 Å². The second kappa shape index (κ2) is 4.98. The Morgan fingerprint density at radius 3 is 2.83 bits per heavy atom. The van der Waals surface area contributed by atoms with Crippen LogP contribution in [0.15, 0.2) is 12.1 Å². The third-order valence-corrected chi connectivity index (χ3v) is 3.25. The first-order valence-electron chi connectivity index (χ1n) is 5.65. The van der Waals surface area contributed by atoms with Gasteiger partial charge in [-0.2, -0.15) is 0 Å². The summed E-state index contributed by atoms with van der Waals surface area (Å²) in [5, 5.41) is 0.370. The molecule has 4 nitrogen and oxygen atoms in total. The van der Waals surface area contributed by atoms with E-state index in [-0.39, 0.29) is 12.4 Å². The molecule has 0 unspecified atom stereocenters. The van der Waals surface area contributed by atoms with Gasteiger partial charge >= 0.3 is 5.97 Å². The van der Waals surface area contributed by atoms with Crippen molar-refractivity contribution in [2.75, 3.05) is 13.7 Å². The maximum Gasteiger partial charge on any atom is 0.317 e. The van der Waals surface area contributed by atoms with Crippen molar-refractivity contribution in [1.29, 1.82) is 0 Å². The second-order valence-corrected chi connectivity index (χ2v) is 4.42. The zero-order chi connectivity index (χ0) is 13.3. The predicted molar refractivity (Wildman–Crippen MR) is 66.2 cm³/mol. The van der Waals surface area contributed by atoms with Crippen LogP contribution >= 0.6 is 11.6 Å². The molecule has 0 aromatic heterocycles. The number of ether oxygens (including phenoxy) is 2. The highest BCUT2D eigenvalue weighted by molar-refractivity contribution is 6.32. The van der Waals surface area contributed by atoms with E-state index < -0.39 is 11.9 Å². The summed E-state index contributed by atoms with van der Waals surface area (Å²) in [4.78, 5) is 23.7. The number of Topliss-reactive ketones (excluding diaryl/α,β-unsaturated/α-hetero) is 1. The van der Waals surface area contributed by atoms with Crippen LogP contribution in [0.3, 0.4) is 0 Å². The van der Waals surface area contributed by atoms with Gasteiger partial charge in [0.05, 0.1) is 18.7 Å². The molecule has 1 aromatic carbocycles. The molecule has 18 heavy (non-hydrogen) atoms. The van der Waals surface area contributed by atoms with E-state index in [1.54, 1.807) is 19.1 Å². The summed E-state index contributed by atoms with van der Waals surface area (Å²) in [5.41, 5.74) is 1.26. The first-order chi connectivity index (χ1) is 8.58. The molecule has 0 amide bonds. The number of rotatable bonds is 3. The molecule has 1 aromatic rings. The summed E-state index contributed by atoms with van der Waals surface area (Å²) < 4.78 is 9.98. The number of fused-ring (bicyclic) bond motifs is 1. The summed E-state index contributed by atoms with van der Waals surface area (Å²) in [6, 6.07) is 3.26. The van der Waals surface area contributed by atoms with Gasteiger partial charge in [0.1, 0.15) is 11.7 Å². The predicted octanol–water partition coefficient (Wildman–Crippen LogP) is 2.27. The molecular formula is C13H13ClO4. The molecule has 0 bridgehead atoms. The molecule has 0 spiro atoms. The highest BCUT2D eigenvalue weighted by Gasteiger charge is 2.37. The van der Waals surface area contributed by atoms with Crippen LogP contribution < -0.4 is 4.74 Å². The van der Waals surface area contributed by atoms with E-state index in [4.69, 9.17) is 21.1 Å². The Morgan fingerprint density at radius 1 is 1.50 bits per heavy atom. The molecule has 1 aliphatic carbocycles. The third kappa shape index (κ3) is 2.08. The fourth-order valence-corrected chi connectivity index (χ4v) is 2.32. The Kier molecular flexibility index (Phi) is 3.57. The number of carbonyl (C=O) groups is 2. The van der Waals surface area contributed by atoms with Gasteiger partial charge in [0.25, 0.3) is 0 Å². The summed E-state index contributed by atoms with van der Waals surface area (Å²) in [5.74, 6) is -0.947. The topological polar surface area (TPSA) is 52.6 Å². The monoisotopic (exact) mass is 268 g/mol. The van der Waals surface area contributed by atoms with Crippen LogP contribution in [0, 0.1) is 5.92 Å². The molecule has 2 rings (SSSR count). The number of hydrogen-bond acceptors (Lipinski definition) is 4. The lowest BCUT2D eigenvalue weighted by Crippen LogP contribution is -2.23. The van der Waals surface area contributed by atoms with E-state index in [0.717, 1.165) is 5.56 Å². The Bertz CT molecular complexity index is 510. The van der Waals surface area contributed by atoms with Gasteiger partial charge in [-0.05, 0) is 31.0 Å². The molecule has 0 saturated heterocycles. The molecule has 5 heteroatoms. The number of halogens is 1. The van der Waals surface area contributed by atoms with Crippen molar-refractivity contribution in [3.63, 3.8) is 0 Å². The number of ketones is 1. The first-order valence-corrected chi connectivity index (χ1v) is 6.03. The highest BCUT2D eigenvalue weighted by atomic mass is 35.5. The summed E-state index contributed by atoms with van der Waals surface area (Å²) in [7, 11) is 1.51. The van der Waals surface area contributed by atoms with Crippen molar-refractivity contribution in [2.45, 2.75) is 13.3 Å². The molecule has 0 radical (unpaired) electrons. The van der Waals surface area contributed by atoms with Gasteiger partial charge in [0.2, 0.25) is 0 Å². The largest absolute Gasteiger partial charge is 0.495 e. The normalized spacial score (nSPS) is 17.5. The Morgan fingerprint density at radius 2 is 2.22 bits per heavy atom.